The maximum atomic E-state index is 12.5. The Morgan fingerprint density at radius 1 is 1.07 bits per heavy atom. The molecule has 5 heteroatoms. The van der Waals surface area contributed by atoms with Crippen molar-refractivity contribution >= 4 is 17.3 Å². The van der Waals surface area contributed by atoms with E-state index in [0.717, 1.165) is 29.2 Å². The Morgan fingerprint density at radius 2 is 1.71 bits per heavy atom. The van der Waals surface area contributed by atoms with Crippen molar-refractivity contribution in [1.82, 2.24) is 9.80 Å². The minimum absolute atomic E-state index is 0.0678. The standard InChI is InChI=1S/C23H33N3O2/c1-7-26(8-2)23(27)18-12-14-19(15-13-18)24-20-10-9-11-21(28-6)22(20)17(3)16-25(4)5/h9-15,17,24H,7-8,16H2,1-6H3. The molecule has 0 bridgehead atoms. The van der Waals surface area contributed by atoms with Crippen molar-refractivity contribution in [3.05, 3.63) is 53.6 Å². The minimum atomic E-state index is 0.0678. The summed E-state index contributed by atoms with van der Waals surface area (Å²) in [5.74, 6) is 1.25. The Morgan fingerprint density at radius 3 is 2.25 bits per heavy atom. The van der Waals surface area contributed by atoms with Crippen LogP contribution in [0.15, 0.2) is 42.5 Å². The minimum Gasteiger partial charge on any atom is -0.496 e. The number of carbonyl (C=O) groups excluding carboxylic acids is 1. The van der Waals surface area contributed by atoms with E-state index in [1.54, 1.807) is 7.11 Å². The predicted octanol–water partition coefficient (Wildman–Crippen LogP) is 4.59. The third-order valence-corrected chi connectivity index (χ3v) is 4.88. The molecule has 0 aliphatic carbocycles. The summed E-state index contributed by atoms with van der Waals surface area (Å²) in [6.45, 7) is 8.55. The molecule has 1 amide bonds. The van der Waals surface area contributed by atoms with Crippen LogP contribution in [0.4, 0.5) is 11.4 Å². The molecule has 1 N–H and O–H groups in total. The summed E-state index contributed by atoms with van der Waals surface area (Å²) in [5.41, 5.74) is 3.84. The first-order valence-electron chi connectivity index (χ1n) is 9.89. The molecule has 0 aromatic heterocycles. The zero-order valence-electron chi connectivity index (χ0n) is 18.0. The van der Waals surface area contributed by atoms with Crippen LogP contribution in [0.5, 0.6) is 5.75 Å². The van der Waals surface area contributed by atoms with Gasteiger partial charge in [0.15, 0.2) is 0 Å². The maximum Gasteiger partial charge on any atom is 0.253 e. The summed E-state index contributed by atoms with van der Waals surface area (Å²) in [7, 11) is 5.86. The van der Waals surface area contributed by atoms with Crippen molar-refractivity contribution in [3.8, 4) is 5.75 Å². The molecule has 0 spiro atoms. The lowest BCUT2D eigenvalue weighted by Gasteiger charge is -2.23. The molecule has 0 radical (unpaired) electrons. The maximum absolute atomic E-state index is 12.5. The number of rotatable bonds is 9. The van der Waals surface area contributed by atoms with E-state index in [2.05, 4.69) is 37.3 Å². The Bertz CT molecular complexity index is 768. The number of methoxy groups -OCH3 is 1. The van der Waals surface area contributed by atoms with Crippen LogP contribution in [0.25, 0.3) is 0 Å². The second-order valence-electron chi connectivity index (χ2n) is 7.26. The number of hydrogen-bond acceptors (Lipinski definition) is 4. The molecule has 28 heavy (non-hydrogen) atoms. The van der Waals surface area contributed by atoms with Crippen LogP contribution >= 0.6 is 0 Å². The van der Waals surface area contributed by atoms with E-state index in [0.29, 0.717) is 24.6 Å². The van der Waals surface area contributed by atoms with Gasteiger partial charge in [0, 0.05) is 42.1 Å². The molecular formula is C23H33N3O2. The molecule has 2 rings (SSSR count). The quantitative estimate of drug-likeness (QED) is 0.688. The SMILES string of the molecule is CCN(CC)C(=O)c1ccc(Nc2cccc(OC)c2C(C)CN(C)C)cc1. The Labute approximate surface area is 169 Å². The van der Waals surface area contributed by atoms with Crippen LogP contribution in [0.1, 0.15) is 42.6 Å². The molecular weight excluding hydrogens is 350 g/mol. The van der Waals surface area contributed by atoms with Gasteiger partial charge in [0.2, 0.25) is 0 Å². The third-order valence-electron chi connectivity index (χ3n) is 4.88. The zero-order valence-corrected chi connectivity index (χ0v) is 18.0. The zero-order chi connectivity index (χ0) is 20.7. The fraction of sp³-hybridized carbons (Fsp3) is 0.435. The molecule has 1 atom stereocenters. The van der Waals surface area contributed by atoms with Crippen molar-refractivity contribution in [1.29, 1.82) is 0 Å². The second kappa shape index (κ2) is 10.1. The van der Waals surface area contributed by atoms with Crippen LogP contribution in [-0.4, -0.2) is 56.5 Å². The average molecular weight is 384 g/mol. The summed E-state index contributed by atoms with van der Waals surface area (Å²) in [6.07, 6.45) is 0. The molecule has 0 saturated heterocycles. The van der Waals surface area contributed by atoms with E-state index in [-0.39, 0.29) is 5.91 Å². The molecule has 0 heterocycles. The topological polar surface area (TPSA) is 44.8 Å². The summed E-state index contributed by atoms with van der Waals surface area (Å²) in [4.78, 5) is 16.5. The lowest BCUT2D eigenvalue weighted by molar-refractivity contribution is 0.0773. The van der Waals surface area contributed by atoms with Crippen LogP contribution in [-0.2, 0) is 0 Å². The van der Waals surface area contributed by atoms with E-state index in [9.17, 15) is 4.79 Å². The molecule has 0 aliphatic heterocycles. The molecule has 0 saturated carbocycles. The van der Waals surface area contributed by atoms with Gasteiger partial charge in [0.05, 0.1) is 7.11 Å². The Kier molecular flexibility index (Phi) is 7.88. The van der Waals surface area contributed by atoms with Gasteiger partial charge in [-0.3, -0.25) is 4.79 Å². The number of ether oxygens (including phenoxy) is 1. The normalized spacial score (nSPS) is 12.0. The first-order chi connectivity index (χ1) is 13.4. The van der Waals surface area contributed by atoms with Gasteiger partial charge in [0.1, 0.15) is 5.75 Å². The van der Waals surface area contributed by atoms with E-state index < -0.39 is 0 Å². The van der Waals surface area contributed by atoms with Crippen LogP contribution in [0.2, 0.25) is 0 Å². The third kappa shape index (κ3) is 5.26. The fourth-order valence-electron chi connectivity index (χ4n) is 3.52. The Balaban J connectivity index is 2.27. The van der Waals surface area contributed by atoms with Gasteiger partial charge in [0.25, 0.3) is 5.91 Å². The summed E-state index contributed by atoms with van der Waals surface area (Å²) >= 11 is 0. The van der Waals surface area contributed by atoms with Crippen LogP contribution < -0.4 is 10.1 Å². The van der Waals surface area contributed by atoms with Crippen molar-refractivity contribution < 1.29 is 9.53 Å². The highest BCUT2D eigenvalue weighted by Crippen LogP contribution is 2.35. The van der Waals surface area contributed by atoms with E-state index >= 15 is 0 Å². The number of nitrogens with one attached hydrogen (secondary N) is 1. The smallest absolute Gasteiger partial charge is 0.253 e. The van der Waals surface area contributed by atoms with Crippen molar-refractivity contribution in [2.75, 3.05) is 46.2 Å². The number of carbonyl (C=O) groups is 1. The van der Waals surface area contributed by atoms with Gasteiger partial charge >= 0.3 is 0 Å². The predicted molar refractivity (Wildman–Crippen MR) is 117 cm³/mol. The van der Waals surface area contributed by atoms with Gasteiger partial charge in [-0.25, -0.2) is 0 Å². The molecule has 2 aromatic rings. The summed E-state index contributed by atoms with van der Waals surface area (Å²) < 4.78 is 5.62. The summed E-state index contributed by atoms with van der Waals surface area (Å²) in [5, 5.41) is 3.50. The van der Waals surface area contributed by atoms with E-state index in [4.69, 9.17) is 4.74 Å². The highest BCUT2D eigenvalue weighted by molar-refractivity contribution is 5.94. The average Bonchev–Trinajstić information content (AvgIpc) is 2.68. The second-order valence-corrected chi connectivity index (χ2v) is 7.26. The molecule has 0 aliphatic rings. The van der Waals surface area contributed by atoms with Crippen LogP contribution in [0.3, 0.4) is 0 Å². The first-order valence-corrected chi connectivity index (χ1v) is 9.89. The van der Waals surface area contributed by atoms with Gasteiger partial charge < -0.3 is 19.9 Å². The van der Waals surface area contributed by atoms with Crippen LogP contribution in [0, 0.1) is 0 Å². The fourth-order valence-corrected chi connectivity index (χ4v) is 3.52. The number of nitrogens with zero attached hydrogens (tertiary/aromatic N) is 2. The van der Waals surface area contributed by atoms with Gasteiger partial charge in [-0.1, -0.05) is 13.0 Å². The first kappa shape index (κ1) is 21.8. The van der Waals surface area contributed by atoms with Gasteiger partial charge in [-0.05, 0) is 70.3 Å². The molecule has 1 unspecified atom stereocenters. The molecule has 0 fully saturated rings. The number of hydrogen-bond donors (Lipinski definition) is 1. The van der Waals surface area contributed by atoms with E-state index in [1.165, 1.54) is 0 Å². The number of anilines is 2. The molecule has 5 nitrogen and oxygen atoms in total. The summed E-state index contributed by atoms with van der Waals surface area (Å²) in [6, 6.07) is 13.7. The van der Waals surface area contributed by atoms with Crippen molar-refractivity contribution in [2.45, 2.75) is 26.7 Å². The number of likely N-dealkylation sites (N-methyl/N-ethyl adjacent to an activating group) is 1. The monoisotopic (exact) mass is 383 g/mol. The number of benzene rings is 2. The molecule has 152 valence electrons. The van der Waals surface area contributed by atoms with Crippen molar-refractivity contribution in [3.63, 3.8) is 0 Å². The van der Waals surface area contributed by atoms with Crippen molar-refractivity contribution in [2.24, 2.45) is 0 Å². The lowest BCUT2D eigenvalue weighted by Crippen LogP contribution is -2.30. The lowest BCUT2D eigenvalue weighted by atomic mass is 9.97. The Hall–Kier alpha value is -2.53. The highest BCUT2D eigenvalue weighted by atomic mass is 16.5. The highest BCUT2D eigenvalue weighted by Gasteiger charge is 2.17. The molecule has 2 aromatic carbocycles. The van der Waals surface area contributed by atoms with E-state index in [1.807, 2.05) is 55.1 Å². The van der Waals surface area contributed by atoms with Gasteiger partial charge in [-0.15, -0.1) is 0 Å². The number of amides is 1. The van der Waals surface area contributed by atoms with Gasteiger partial charge in [-0.2, -0.15) is 0 Å². The largest absolute Gasteiger partial charge is 0.496 e.